The van der Waals surface area contributed by atoms with E-state index >= 15 is 0 Å². The number of ether oxygens (including phenoxy) is 4. The molecule has 0 unspecified atom stereocenters. The van der Waals surface area contributed by atoms with Crippen LogP contribution in [0, 0.1) is 32.8 Å². The Labute approximate surface area is 182 Å². The maximum absolute atomic E-state index is 12.7. The number of rotatable bonds is 7. The number of carbonyl (C=O) groups is 1. The van der Waals surface area contributed by atoms with E-state index in [1.54, 1.807) is 12.1 Å². The Morgan fingerprint density at radius 3 is 2.56 bits per heavy atom. The first kappa shape index (κ1) is 21.9. The third-order valence-electron chi connectivity index (χ3n) is 4.26. The van der Waals surface area contributed by atoms with Crippen LogP contribution in [0.25, 0.3) is 6.08 Å². The molecule has 162 valence electrons. The monoisotopic (exact) mass is 436 g/mol. The number of hydrogen-bond donors (Lipinski definition) is 1. The second-order valence-electron chi connectivity index (χ2n) is 6.25. The van der Waals surface area contributed by atoms with Crippen LogP contribution < -0.4 is 24.3 Å². The summed E-state index contributed by atoms with van der Waals surface area (Å²) in [6.07, 6.45) is 1.29. The van der Waals surface area contributed by atoms with Gasteiger partial charge in [0.2, 0.25) is 0 Å². The summed E-state index contributed by atoms with van der Waals surface area (Å²) in [5, 5.41) is 31.9. The summed E-state index contributed by atoms with van der Waals surface area (Å²) in [5.41, 5.74) is -0.403. The van der Waals surface area contributed by atoms with Gasteiger partial charge in [-0.25, -0.2) is 0 Å². The highest BCUT2D eigenvalue weighted by atomic mass is 16.6. The molecule has 3 rings (SSSR count). The van der Waals surface area contributed by atoms with E-state index in [4.69, 9.17) is 24.2 Å². The van der Waals surface area contributed by atoms with Crippen LogP contribution >= 0.6 is 0 Å². The second kappa shape index (κ2) is 9.82. The lowest BCUT2D eigenvalue weighted by Crippen LogP contribution is -2.18. The van der Waals surface area contributed by atoms with Crippen molar-refractivity contribution in [3.63, 3.8) is 0 Å². The fourth-order valence-electron chi connectivity index (χ4n) is 2.84. The highest BCUT2D eigenvalue weighted by molar-refractivity contribution is 6.10. The van der Waals surface area contributed by atoms with Gasteiger partial charge in [0.05, 0.1) is 18.1 Å². The number of nitro benzene ring substituents is 1. The molecule has 1 amide bonds. The molecule has 0 bridgehead atoms. The van der Waals surface area contributed by atoms with E-state index in [-0.39, 0.29) is 42.6 Å². The van der Waals surface area contributed by atoms with Gasteiger partial charge in [-0.3, -0.25) is 14.9 Å². The van der Waals surface area contributed by atoms with Crippen molar-refractivity contribution >= 4 is 23.4 Å². The van der Waals surface area contributed by atoms with Gasteiger partial charge in [-0.15, -0.1) is 0 Å². The van der Waals surface area contributed by atoms with Gasteiger partial charge in [-0.05, 0) is 23.8 Å². The molecule has 1 heterocycles. The van der Waals surface area contributed by atoms with Crippen LogP contribution in [-0.4, -0.2) is 37.8 Å². The molecule has 32 heavy (non-hydrogen) atoms. The van der Waals surface area contributed by atoms with E-state index in [0.717, 1.165) is 6.07 Å². The van der Waals surface area contributed by atoms with Crippen molar-refractivity contribution in [1.29, 1.82) is 10.5 Å². The zero-order chi connectivity index (χ0) is 23.1. The molecule has 0 fully saturated rings. The topological polar surface area (TPSA) is 157 Å². The fraction of sp³-hybridized carbons (Fsp3) is 0.190. The van der Waals surface area contributed by atoms with Gasteiger partial charge in [0.1, 0.15) is 36.6 Å². The largest absolute Gasteiger partial charge is 0.493 e. The van der Waals surface area contributed by atoms with Crippen molar-refractivity contribution in [1.82, 2.24) is 0 Å². The van der Waals surface area contributed by atoms with E-state index in [0.29, 0.717) is 17.1 Å². The molecular formula is C21H16N4O7. The predicted molar refractivity (Wildman–Crippen MR) is 110 cm³/mol. The van der Waals surface area contributed by atoms with Crippen LogP contribution in [0.2, 0.25) is 0 Å². The average Bonchev–Trinajstić information content (AvgIpc) is 2.80. The summed E-state index contributed by atoms with van der Waals surface area (Å²) >= 11 is 0. The first-order valence-corrected chi connectivity index (χ1v) is 9.15. The third kappa shape index (κ3) is 4.86. The van der Waals surface area contributed by atoms with Crippen LogP contribution in [0.15, 0.2) is 35.9 Å². The minimum Gasteiger partial charge on any atom is -0.493 e. The predicted octanol–water partition coefficient (Wildman–Crippen LogP) is 2.82. The van der Waals surface area contributed by atoms with Crippen molar-refractivity contribution < 1.29 is 28.7 Å². The maximum atomic E-state index is 12.7. The molecular weight excluding hydrogens is 420 g/mol. The molecule has 0 saturated heterocycles. The lowest BCUT2D eigenvalue weighted by atomic mass is 10.1. The number of nitrogens with one attached hydrogen (secondary N) is 1. The summed E-state index contributed by atoms with van der Waals surface area (Å²) in [5.74, 6) is 0.214. The van der Waals surface area contributed by atoms with Crippen molar-refractivity contribution in [2.24, 2.45) is 0 Å². The number of amides is 1. The van der Waals surface area contributed by atoms with Crippen LogP contribution in [-0.2, 0) is 4.79 Å². The Morgan fingerprint density at radius 2 is 1.94 bits per heavy atom. The molecule has 1 aliphatic heterocycles. The first-order chi connectivity index (χ1) is 15.5. The zero-order valence-electron chi connectivity index (χ0n) is 16.8. The molecule has 2 aromatic rings. The van der Waals surface area contributed by atoms with Gasteiger partial charge < -0.3 is 24.3 Å². The van der Waals surface area contributed by atoms with Gasteiger partial charge in [0.15, 0.2) is 29.6 Å². The quantitative estimate of drug-likeness (QED) is 0.298. The van der Waals surface area contributed by atoms with Gasteiger partial charge in [0, 0.05) is 6.07 Å². The van der Waals surface area contributed by atoms with E-state index in [1.165, 1.54) is 31.4 Å². The van der Waals surface area contributed by atoms with Crippen LogP contribution in [0.5, 0.6) is 23.0 Å². The smallest absolute Gasteiger partial charge is 0.296 e. The molecule has 11 nitrogen and oxygen atoms in total. The normalized spacial score (nSPS) is 12.2. The SMILES string of the molecule is COc1cc(/C=C(\C#N)C(=O)Nc2cc3c(cc2[N+](=O)[O-])OCCO3)ccc1OCC#N. The number of benzene rings is 2. The summed E-state index contributed by atoms with van der Waals surface area (Å²) < 4.78 is 21.2. The Kier molecular flexibility index (Phi) is 6.73. The van der Waals surface area contributed by atoms with Gasteiger partial charge >= 0.3 is 0 Å². The van der Waals surface area contributed by atoms with E-state index in [9.17, 15) is 20.2 Å². The number of nitro groups is 1. The van der Waals surface area contributed by atoms with Gasteiger partial charge in [0.25, 0.3) is 11.6 Å². The van der Waals surface area contributed by atoms with Crippen LogP contribution in [0.3, 0.4) is 0 Å². The zero-order valence-corrected chi connectivity index (χ0v) is 16.8. The molecule has 11 heteroatoms. The molecule has 0 spiro atoms. The Morgan fingerprint density at radius 1 is 1.22 bits per heavy atom. The van der Waals surface area contributed by atoms with E-state index in [1.807, 2.05) is 6.07 Å². The minimum atomic E-state index is -0.851. The molecule has 0 aromatic heterocycles. The number of anilines is 1. The van der Waals surface area contributed by atoms with Gasteiger partial charge in [-0.2, -0.15) is 10.5 Å². The molecule has 0 radical (unpaired) electrons. The van der Waals surface area contributed by atoms with E-state index < -0.39 is 16.5 Å². The van der Waals surface area contributed by atoms with Crippen molar-refractivity contribution in [3.8, 4) is 35.1 Å². The highest BCUT2D eigenvalue weighted by Crippen LogP contribution is 2.39. The lowest BCUT2D eigenvalue weighted by Gasteiger charge is -2.19. The summed E-state index contributed by atoms with van der Waals surface area (Å²) in [4.78, 5) is 23.4. The van der Waals surface area contributed by atoms with Crippen molar-refractivity contribution in [2.45, 2.75) is 0 Å². The summed E-state index contributed by atoms with van der Waals surface area (Å²) in [7, 11) is 1.40. The van der Waals surface area contributed by atoms with Crippen molar-refractivity contribution in [3.05, 3.63) is 51.6 Å². The van der Waals surface area contributed by atoms with Crippen molar-refractivity contribution in [2.75, 3.05) is 32.2 Å². The van der Waals surface area contributed by atoms with Crippen LogP contribution in [0.1, 0.15) is 5.56 Å². The Hall–Kier alpha value is -4.77. The minimum absolute atomic E-state index is 0.136. The fourth-order valence-corrected chi connectivity index (χ4v) is 2.84. The summed E-state index contributed by atoms with van der Waals surface area (Å²) in [6.45, 7) is 0.337. The number of hydrogen-bond acceptors (Lipinski definition) is 9. The first-order valence-electron chi connectivity index (χ1n) is 9.15. The van der Waals surface area contributed by atoms with Crippen LogP contribution in [0.4, 0.5) is 11.4 Å². The third-order valence-corrected chi connectivity index (χ3v) is 4.26. The molecule has 1 N–H and O–H groups in total. The highest BCUT2D eigenvalue weighted by Gasteiger charge is 2.24. The average molecular weight is 436 g/mol. The molecule has 0 saturated carbocycles. The standard InChI is InChI=1S/C21H16N4O7/c1-29-18-9-13(2-3-17(18)30-5-4-22)8-14(12-23)21(26)24-15-10-19-20(32-7-6-31-19)11-16(15)25(27)28/h2-3,8-11H,5-7H2,1H3,(H,24,26)/b14-8+. The second-order valence-corrected chi connectivity index (χ2v) is 6.25. The lowest BCUT2D eigenvalue weighted by molar-refractivity contribution is -0.384. The number of nitriles is 2. The molecule has 0 aliphatic carbocycles. The maximum Gasteiger partial charge on any atom is 0.296 e. The molecule has 2 aromatic carbocycles. The number of fused-ring (bicyclic) bond motifs is 1. The number of nitrogens with zero attached hydrogens (tertiary/aromatic N) is 3. The summed E-state index contributed by atoms with van der Waals surface area (Å²) in [6, 6.07) is 10.7. The Balaban J connectivity index is 1.88. The Bertz CT molecular complexity index is 1180. The number of carbonyl (C=O) groups excluding carboxylic acids is 1. The van der Waals surface area contributed by atoms with E-state index in [2.05, 4.69) is 5.32 Å². The number of methoxy groups -OCH3 is 1. The molecule has 0 atom stereocenters. The van der Waals surface area contributed by atoms with Gasteiger partial charge in [-0.1, -0.05) is 6.07 Å². The molecule has 1 aliphatic rings.